The molecule has 0 saturated heterocycles. The predicted octanol–water partition coefficient (Wildman–Crippen LogP) is -0.430. The molecule has 0 atom stereocenters. The van der Waals surface area contributed by atoms with Crippen LogP contribution in [-0.2, 0) is 9.53 Å². The van der Waals surface area contributed by atoms with Gasteiger partial charge in [-0.1, -0.05) is 0 Å². The summed E-state index contributed by atoms with van der Waals surface area (Å²) in [4.78, 5) is 23.8. The van der Waals surface area contributed by atoms with E-state index in [9.17, 15) is 9.59 Å². The van der Waals surface area contributed by atoms with Crippen molar-refractivity contribution >= 4 is 18.2 Å². The highest BCUT2D eigenvalue weighted by atomic mass is 16.5. The zero-order valence-electron chi connectivity index (χ0n) is 5.75. The summed E-state index contributed by atoms with van der Waals surface area (Å²) < 4.78 is 4.18. The van der Waals surface area contributed by atoms with Gasteiger partial charge in [0.15, 0.2) is 0 Å². The maximum Gasteiger partial charge on any atom is 0.349 e. The highest BCUT2D eigenvalue weighted by molar-refractivity contribution is 6.25. The van der Waals surface area contributed by atoms with Crippen LogP contribution in [0.4, 0.5) is 4.79 Å². The first kappa shape index (κ1) is 8.61. The number of carbonyl (C=O) groups excluding carboxylic acids is 2. The summed E-state index contributed by atoms with van der Waals surface area (Å²) in [5.74, 6) is -0.649. The van der Waals surface area contributed by atoms with Crippen molar-refractivity contribution in [3.63, 3.8) is 0 Å². The quantitative estimate of drug-likeness (QED) is 0.401. The highest BCUT2D eigenvalue weighted by Gasteiger charge is 1.94. The molecule has 1 N–H and O–H groups in total. The third kappa shape index (κ3) is 3.59. The minimum Gasteiger partial charge on any atom is -0.465 e. The van der Waals surface area contributed by atoms with Crippen LogP contribution >= 0.6 is 0 Å². The van der Waals surface area contributed by atoms with Crippen molar-refractivity contribution in [1.82, 2.24) is 5.32 Å². The van der Waals surface area contributed by atoms with Crippen molar-refractivity contribution in [2.24, 2.45) is 4.99 Å². The van der Waals surface area contributed by atoms with Crippen molar-refractivity contribution in [2.75, 3.05) is 14.2 Å². The van der Waals surface area contributed by atoms with Crippen LogP contribution in [0.1, 0.15) is 0 Å². The Labute approximate surface area is 58.1 Å². The Morgan fingerprint density at radius 1 is 1.60 bits per heavy atom. The van der Waals surface area contributed by atoms with E-state index in [1.54, 1.807) is 0 Å². The molecule has 0 bridgehead atoms. The largest absolute Gasteiger partial charge is 0.465 e. The van der Waals surface area contributed by atoms with Crippen LogP contribution in [0.3, 0.4) is 0 Å². The molecule has 0 heterocycles. The lowest BCUT2D eigenvalue weighted by atomic mass is 10.7. The molecule has 0 aromatic carbocycles. The standard InChI is InChI=1S/C5H8N2O3/c1-6-5(9)7-3-4(8)10-2/h3H,1-2H3,(H,6,9)/b7-3+. The highest BCUT2D eigenvalue weighted by Crippen LogP contribution is 1.71. The lowest BCUT2D eigenvalue weighted by Gasteiger charge is -1.88. The molecule has 0 fully saturated rings. The van der Waals surface area contributed by atoms with Crippen molar-refractivity contribution in [3.8, 4) is 0 Å². The smallest absolute Gasteiger partial charge is 0.349 e. The monoisotopic (exact) mass is 144 g/mol. The molecule has 0 aromatic heterocycles. The van der Waals surface area contributed by atoms with Crippen LogP contribution < -0.4 is 5.32 Å². The second-order valence-electron chi connectivity index (χ2n) is 1.34. The Balaban J connectivity index is 3.75. The van der Waals surface area contributed by atoms with Crippen molar-refractivity contribution in [2.45, 2.75) is 0 Å². The molecule has 10 heavy (non-hydrogen) atoms. The Morgan fingerprint density at radius 2 is 2.20 bits per heavy atom. The minimum atomic E-state index is -0.649. The summed E-state index contributed by atoms with van der Waals surface area (Å²) in [7, 11) is 2.62. The molecule has 5 nitrogen and oxygen atoms in total. The fraction of sp³-hybridized carbons (Fsp3) is 0.400. The van der Waals surface area contributed by atoms with E-state index in [-0.39, 0.29) is 0 Å². The molecule has 0 aliphatic rings. The van der Waals surface area contributed by atoms with Gasteiger partial charge in [-0.25, -0.2) is 9.59 Å². The first-order valence-corrected chi connectivity index (χ1v) is 2.54. The first-order chi connectivity index (χ1) is 4.70. The molecule has 0 spiro atoms. The van der Waals surface area contributed by atoms with E-state index in [2.05, 4.69) is 15.0 Å². The molecule has 0 radical (unpaired) electrons. The fourth-order valence-electron chi connectivity index (χ4n) is 0.229. The molecule has 5 heteroatoms. The Morgan fingerprint density at radius 3 is 2.60 bits per heavy atom. The van der Waals surface area contributed by atoms with Gasteiger partial charge in [-0.2, -0.15) is 4.99 Å². The second-order valence-corrected chi connectivity index (χ2v) is 1.34. The van der Waals surface area contributed by atoms with Gasteiger partial charge in [-0.3, -0.25) is 0 Å². The summed E-state index contributed by atoms with van der Waals surface area (Å²) in [5.41, 5.74) is 0. The van der Waals surface area contributed by atoms with E-state index in [0.717, 1.165) is 6.21 Å². The van der Waals surface area contributed by atoms with E-state index in [4.69, 9.17) is 0 Å². The Bertz CT molecular complexity index is 146. The number of ether oxygens (including phenoxy) is 1. The lowest BCUT2D eigenvalue weighted by molar-refractivity contribution is -0.132. The summed E-state index contributed by atoms with van der Waals surface area (Å²) in [6.07, 6.45) is 0.804. The number of rotatable bonds is 1. The van der Waals surface area contributed by atoms with Crippen LogP contribution in [-0.4, -0.2) is 32.4 Å². The molecule has 0 saturated carbocycles. The lowest BCUT2D eigenvalue weighted by Crippen LogP contribution is -2.14. The van der Waals surface area contributed by atoms with Gasteiger partial charge in [0.2, 0.25) is 0 Å². The average molecular weight is 144 g/mol. The summed E-state index contributed by atoms with van der Waals surface area (Å²) in [6, 6.07) is -0.578. The molecule has 0 rings (SSSR count). The molecular formula is C5H8N2O3. The van der Waals surface area contributed by atoms with Crippen LogP contribution in [0.15, 0.2) is 4.99 Å². The van der Waals surface area contributed by atoms with Crippen molar-refractivity contribution in [1.29, 1.82) is 0 Å². The molecule has 0 aliphatic carbocycles. The first-order valence-electron chi connectivity index (χ1n) is 2.54. The minimum absolute atomic E-state index is 0.578. The van der Waals surface area contributed by atoms with Gasteiger partial charge < -0.3 is 10.1 Å². The normalized spacial score (nSPS) is 9.40. The average Bonchev–Trinajstić information content (AvgIpc) is 1.99. The number of aliphatic imine (C=N–C) groups is 1. The zero-order chi connectivity index (χ0) is 7.98. The number of nitrogens with one attached hydrogen (secondary N) is 1. The van der Waals surface area contributed by atoms with E-state index in [1.807, 2.05) is 0 Å². The maximum absolute atomic E-state index is 10.3. The number of urea groups is 1. The van der Waals surface area contributed by atoms with E-state index >= 15 is 0 Å². The Hall–Kier alpha value is -1.39. The van der Waals surface area contributed by atoms with Gasteiger partial charge in [0, 0.05) is 7.05 Å². The fourth-order valence-corrected chi connectivity index (χ4v) is 0.229. The third-order valence-corrected chi connectivity index (χ3v) is 0.702. The van der Waals surface area contributed by atoms with Gasteiger partial charge in [-0.15, -0.1) is 0 Å². The number of methoxy groups -OCH3 is 1. The summed E-state index contributed by atoms with van der Waals surface area (Å²) in [5, 5.41) is 2.20. The summed E-state index contributed by atoms with van der Waals surface area (Å²) >= 11 is 0. The van der Waals surface area contributed by atoms with Gasteiger partial charge in [-0.05, 0) is 0 Å². The molecule has 56 valence electrons. The number of nitrogens with zero attached hydrogens (tertiary/aromatic N) is 1. The van der Waals surface area contributed by atoms with Gasteiger partial charge in [0.1, 0.15) is 6.21 Å². The van der Waals surface area contributed by atoms with E-state index < -0.39 is 12.0 Å². The maximum atomic E-state index is 10.3. The number of hydrogen-bond acceptors (Lipinski definition) is 3. The van der Waals surface area contributed by atoms with Crippen LogP contribution in [0.5, 0.6) is 0 Å². The zero-order valence-corrected chi connectivity index (χ0v) is 5.75. The van der Waals surface area contributed by atoms with E-state index in [0.29, 0.717) is 0 Å². The van der Waals surface area contributed by atoms with Crippen molar-refractivity contribution in [3.05, 3.63) is 0 Å². The SMILES string of the molecule is CNC(=O)/N=C/C(=O)OC. The van der Waals surface area contributed by atoms with Crippen LogP contribution in [0.25, 0.3) is 0 Å². The molecule has 0 aliphatic heterocycles. The van der Waals surface area contributed by atoms with Crippen molar-refractivity contribution < 1.29 is 14.3 Å². The second kappa shape index (κ2) is 4.49. The number of esters is 1. The number of carbonyl (C=O) groups is 2. The van der Waals surface area contributed by atoms with Gasteiger partial charge >= 0.3 is 12.0 Å². The van der Waals surface area contributed by atoms with Crippen LogP contribution in [0, 0.1) is 0 Å². The molecule has 2 amide bonds. The molecule has 0 unspecified atom stereocenters. The topological polar surface area (TPSA) is 67.8 Å². The number of hydrogen-bond donors (Lipinski definition) is 1. The van der Waals surface area contributed by atoms with Gasteiger partial charge in [0.05, 0.1) is 7.11 Å². The molecule has 0 aromatic rings. The summed E-state index contributed by atoms with van der Waals surface area (Å²) in [6.45, 7) is 0. The predicted molar refractivity (Wildman–Crippen MR) is 35.0 cm³/mol. The van der Waals surface area contributed by atoms with E-state index in [1.165, 1.54) is 14.2 Å². The number of amides is 2. The van der Waals surface area contributed by atoms with Gasteiger partial charge in [0.25, 0.3) is 0 Å². The van der Waals surface area contributed by atoms with Crippen LogP contribution in [0.2, 0.25) is 0 Å². The Kier molecular flexibility index (Phi) is 3.86. The third-order valence-electron chi connectivity index (χ3n) is 0.702. The molecular weight excluding hydrogens is 136 g/mol.